The third-order valence-electron chi connectivity index (χ3n) is 3.30. The Balaban J connectivity index is 1.68. The second kappa shape index (κ2) is 8.63. The Hall–Kier alpha value is -1.76. The van der Waals surface area contributed by atoms with Crippen molar-refractivity contribution in [3.05, 3.63) is 35.6 Å². The zero-order valence-electron chi connectivity index (χ0n) is 12.4. The van der Waals surface area contributed by atoms with E-state index in [2.05, 4.69) is 15.2 Å². The summed E-state index contributed by atoms with van der Waals surface area (Å²) >= 11 is 1.91. The Kier molecular flexibility index (Phi) is 6.51. The number of nitrogens with zero attached hydrogens (tertiary/aromatic N) is 2. The monoisotopic (exact) mass is 324 g/mol. The number of amides is 1. The summed E-state index contributed by atoms with van der Waals surface area (Å²) < 4.78 is 13.0. The molecular formula is C15H21FN4OS. The Bertz CT molecular complexity index is 532. The van der Waals surface area contributed by atoms with E-state index in [0.717, 1.165) is 24.6 Å². The second-order valence-electron chi connectivity index (χ2n) is 5.00. The molecule has 7 heteroatoms. The number of aliphatic imine (C=N–C) groups is 1. The van der Waals surface area contributed by atoms with Crippen molar-refractivity contribution in [3.63, 3.8) is 0 Å². The molecule has 0 spiro atoms. The van der Waals surface area contributed by atoms with E-state index in [9.17, 15) is 9.18 Å². The number of nitrogens with one attached hydrogen (secondary N) is 1. The van der Waals surface area contributed by atoms with Crippen LogP contribution in [0.25, 0.3) is 0 Å². The molecule has 1 aliphatic heterocycles. The quantitative estimate of drug-likeness (QED) is 0.478. The molecule has 2 rings (SSSR count). The first kappa shape index (κ1) is 16.6. The van der Waals surface area contributed by atoms with Gasteiger partial charge in [-0.3, -0.25) is 9.79 Å². The first-order chi connectivity index (χ1) is 10.6. The third kappa shape index (κ3) is 5.55. The lowest BCUT2D eigenvalue weighted by Gasteiger charge is -2.27. The van der Waals surface area contributed by atoms with Crippen LogP contribution in [0.2, 0.25) is 0 Å². The molecule has 0 bridgehead atoms. The summed E-state index contributed by atoms with van der Waals surface area (Å²) in [4.78, 5) is 18.1. The number of rotatable bonds is 5. The maximum absolute atomic E-state index is 13.0. The molecule has 0 aromatic heterocycles. The lowest BCUT2D eigenvalue weighted by molar-refractivity contribution is -0.120. The molecule has 1 amide bonds. The molecule has 0 unspecified atom stereocenters. The Labute approximate surface area is 134 Å². The van der Waals surface area contributed by atoms with Crippen molar-refractivity contribution < 1.29 is 9.18 Å². The van der Waals surface area contributed by atoms with Crippen molar-refractivity contribution in [1.29, 1.82) is 0 Å². The number of guanidine groups is 1. The van der Waals surface area contributed by atoms with E-state index in [1.165, 1.54) is 12.1 Å². The molecule has 0 aliphatic carbocycles. The molecule has 3 N–H and O–H groups in total. The summed E-state index contributed by atoms with van der Waals surface area (Å²) in [7, 11) is 0. The van der Waals surface area contributed by atoms with Crippen LogP contribution in [0.15, 0.2) is 29.3 Å². The topological polar surface area (TPSA) is 70.7 Å². The maximum atomic E-state index is 13.0. The van der Waals surface area contributed by atoms with Gasteiger partial charge in [0, 0.05) is 31.1 Å². The molecule has 1 heterocycles. The van der Waals surface area contributed by atoms with Crippen molar-refractivity contribution in [2.75, 3.05) is 37.7 Å². The van der Waals surface area contributed by atoms with E-state index < -0.39 is 0 Å². The van der Waals surface area contributed by atoms with Crippen LogP contribution in [0.3, 0.4) is 0 Å². The molecular weight excluding hydrogens is 303 g/mol. The van der Waals surface area contributed by atoms with Crippen LogP contribution >= 0.6 is 11.8 Å². The fourth-order valence-corrected chi connectivity index (χ4v) is 3.06. The van der Waals surface area contributed by atoms with Gasteiger partial charge in [0.2, 0.25) is 5.91 Å². The zero-order chi connectivity index (χ0) is 15.8. The fraction of sp³-hybridized carbons (Fsp3) is 0.467. The van der Waals surface area contributed by atoms with E-state index in [0.29, 0.717) is 24.6 Å². The summed E-state index contributed by atoms with van der Waals surface area (Å²) in [5.41, 5.74) is 6.58. The van der Waals surface area contributed by atoms with Crippen LogP contribution in [0.4, 0.5) is 4.39 Å². The van der Waals surface area contributed by atoms with Gasteiger partial charge in [0.05, 0.1) is 13.0 Å². The molecule has 1 aromatic carbocycles. The first-order valence-corrected chi connectivity index (χ1v) is 8.44. The molecule has 22 heavy (non-hydrogen) atoms. The summed E-state index contributed by atoms with van der Waals surface area (Å²) in [6, 6.07) is 6.05. The minimum Gasteiger partial charge on any atom is -0.370 e. The van der Waals surface area contributed by atoms with Crippen LogP contribution in [0.1, 0.15) is 5.56 Å². The Morgan fingerprint density at radius 1 is 1.41 bits per heavy atom. The highest BCUT2D eigenvalue weighted by atomic mass is 32.2. The minimum absolute atomic E-state index is 0.145. The van der Waals surface area contributed by atoms with Crippen LogP contribution in [-0.2, 0) is 11.2 Å². The third-order valence-corrected chi connectivity index (χ3v) is 4.24. The van der Waals surface area contributed by atoms with Crippen LogP contribution in [-0.4, -0.2) is 54.5 Å². The van der Waals surface area contributed by atoms with Crippen molar-refractivity contribution in [1.82, 2.24) is 10.2 Å². The average molecular weight is 324 g/mol. The van der Waals surface area contributed by atoms with Gasteiger partial charge in [0.1, 0.15) is 5.82 Å². The molecule has 0 atom stereocenters. The summed E-state index contributed by atoms with van der Waals surface area (Å²) in [6.07, 6.45) is 0.167. The average Bonchev–Trinajstić information content (AvgIpc) is 2.52. The van der Waals surface area contributed by atoms with Gasteiger partial charge in [-0.25, -0.2) is 4.39 Å². The van der Waals surface area contributed by atoms with E-state index in [1.807, 2.05) is 11.8 Å². The molecule has 1 aromatic rings. The van der Waals surface area contributed by atoms with Gasteiger partial charge < -0.3 is 16.0 Å². The van der Waals surface area contributed by atoms with Gasteiger partial charge in [0.15, 0.2) is 5.96 Å². The number of halogens is 1. The number of hydrogen-bond donors (Lipinski definition) is 2. The number of thioether (sulfide) groups is 1. The van der Waals surface area contributed by atoms with Gasteiger partial charge in [0.25, 0.3) is 0 Å². The van der Waals surface area contributed by atoms with Gasteiger partial charge >= 0.3 is 0 Å². The van der Waals surface area contributed by atoms with E-state index in [1.54, 1.807) is 12.1 Å². The summed E-state index contributed by atoms with van der Waals surface area (Å²) in [5, 5.41) is 2.76. The molecule has 0 saturated carbocycles. The lowest BCUT2D eigenvalue weighted by Crippen LogP contribution is -2.43. The van der Waals surface area contributed by atoms with Crippen molar-refractivity contribution in [2.24, 2.45) is 10.7 Å². The number of nitrogens with two attached hydrogens (primary N) is 1. The Morgan fingerprint density at radius 2 is 2.18 bits per heavy atom. The molecule has 5 nitrogen and oxygen atoms in total. The van der Waals surface area contributed by atoms with Gasteiger partial charge in [-0.1, -0.05) is 12.1 Å². The van der Waals surface area contributed by atoms with Crippen molar-refractivity contribution >= 4 is 23.6 Å². The van der Waals surface area contributed by atoms with Gasteiger partial charge in [-0.05, 0) is 17.7 Å². The fourth-order valence-electron chi connectivity index (χ4n) is 2.15. The standard InChI is InChI=1S/C15H21FN4OS/c16-13-3-1-2-12(10-13)11-14(21)18-4-5-19-15(17)20-6-8-22-9-7-20/h1-3,10H,4-9,11H2,(H2,17,19)(H,18,21). The molecule has 120 valence electrons. The number of hydrogen-bond acceptors (Lipinski definition) is 3. The molecule has 1 aliphatic rings. The Morgan fingerprint density at radius 3 is 2.91 bits per heavy atom. The predicted molar refractivity (Wildman–Crippen MR) is 88.5 cm³/mol. The number of benzene rings is 1. The van der Waals surface area contributed by atoms with E-state index in [4.69, 9.17) is 5.73 Å². The molecule has 1 fully saturated rings. The van der Waals surface area contributed by atoms with E-state index in [-0.39, 0.29) is 18.1 Å². The highest BCUT2D eigenvalue weighted by Crippen LogP contribution is 2.08. The van der Waals surface area contributed by atoms with Gasteiger partial charge in [-0.2, -0.15) is 11.8 Å². The van der Waals surface area contributed by atoms with E-state index >= 15 is 0 Å². The lowest BCUT2D eigenvalue weighted by atomic mass is 10.1. The smallest absolute Gasteiger partial charge is 0.224 e. The molecule has 0 radical (unpaired) electrons. The predicted octanol–water partition coefficient (Wildman–Crippen LogP) is 0.848. The normalized spacial score (nSPS) is 15.7. The van der Waals surface area contributed by atoms with Gasteiger partial charge in [-0.15, -0.1) is 0 Å². The van der Waals surface area contributed by atoms with Crippen molar-refractivity contribution in [2.45, 2.75) is 6.42 Å². The largest absolute Gasteiger partial charge is 0.370 e. The zero-order valence-corrected chi connectivity index (χ0v) is 13.2. The molecule has 1 saturated heterocycles. The highest BCUT2D eigenvalue weighted by Gasteiger charge is 2.11. The maximum Gasteiger partial charge on any atom is 0.224 e. The minimum atomic E-state index is -0.331. The number of carbonyl (C=O) groups excluding carboxylic acids is 1. The van der Waals surface area contributed by atoms with Crippen LogP contribution in [0, 0.1) is 5.82 Å². The second-order valence-corrected chi connectivity index (χ2v) is 6.22. The SMILES string of the molecule is NC(=NCCNC(=O)Cc1cccc(F)c1)N1CCSCC1. The first-order valence-electron chi connectivity index (χ1n) is 7.29. The number of carbonyl (C=O) groups is 1. The van der Waals surface area contributed by atoms with Crippen LogP contribution in [0.5, 0.6) is 0 Å². The summed E-state index contributed by atoms with van der Waals surface area (Å²) in [6.45, 7) is 2.72. The van der Waals surface area contributed by atoms with Crippen molar-refractivity contribution in [3.8, 4) is 0 Å². The highest BCUT2D eigenvalue weighted by molar-refractivity contribution is 7.99. The summed E-state index contributed by atoms with van der Waals surface area (Å²) in [5.74, 6) is 2.21. The van der Waals surface area contributed by atoms with Crippen LogP contribution < -0.4 is 11.1 Å².